The lowest BCUT2D eigenvalue weighted by atomic mass is 10.5. The SMILES string of the molecule is CCOCc1nc2nccnc2c(=O)[nH]1.O=c1[nH]cnc2nccnc12. The molecule has 4 aromatic rings. The van der Waals surface area contributed by atoms with E-state index in [1.807, 2.05) is 6.92 Å². The van der Waals surface area contributed by atoms with Gasteiger partial charge in [0.05, 0.1) is 6.33 Å². The number of nitrogens with zero attached hydrogens (tertiary/aromatic N) is 6. The van der Waals surface area contributed by atoms with Gasteiger partial charge in [-0.15, -0.1) is 0 Å². The molecule has 0 fully saturated rings. The molecule has 0 aliphatic carbocycles. The number of rotatable bonds is 3. The monoisotopic (exact) mass is 354 g/mol. The van der Waals surface area contributed by atoms with E-state index in [1.165, 1.54) is 31.1 Å². The molecule has 0 bridgehead atoms. The van der Waals surface area contributed by atoms with Gasteiger partial charge in [0.2, 0.25) is 0 Å². The summed E-state index contributed by atoms with van der Waals surface area (Å²) in [5, 5.41) is 0. The van der Waals surface area contributed by atoms with Gasteiger partial charge in [-0.05, 0) is 6.92 Å². The van der Waals surface area contributed by atoms with Gasteiger partial charge in [-0.1, -0.05) is 0 Å². The first-order valence-electron chi connectivity index (χ1n) is 7.61. The minimum Gasteiger partial charge on any atom is -0.374 e. The van der Waals surface area contributed by atoms with Crippen LogP contribution in [0.1, 0.15) is 12.7 Å². The fourth-order valence-electron chi connectivity index (χ4n) is 1.99. The molecule has 0 unspecified atom stereocenters. The first-order chi connectivity index (χ1) is 12.7. The van der Waals surface area contributed by atoms with Crippen LogP contribution in [0.15, 0.2) is 40.7 Å². The summed E-state index contributed by atoms with van der Waals surface area (Å²) in [4.78, 5) is 50.9. The maximum absolute atomic E-state index is 11.5. The van der Waals surface area contributed by atoms with Crippen molar-refractivity contribution < 1.29 is 4.74 Å². The van der Waals surface area contributed by atoms with Crippen LogP contribution in [-0.4, -0.2) is 46.5 Å². The maximum atomic E-state index is 11.5. The molecule has 11 heteroatoms. The van der Waals surface area contributed by atoms with E-state index >= 15 is 0 Å². The Hall–Kier alpha value is -3.60. The number of nitrogens with one attached hydrogen (secondary N) is 2. The zero-order valence-electron chi connectivity index (χ0n) is 13.7. The maximum Gasteiger partial charge on any atom is 0.279 e. The molecule has 4 heterocycles. The second kappa shape index (κ2) is 7.98. The van der Waals surface area contributed by atoms with Gasteiger partial charge in [0.1, 0.15) is 12.4 Å². The molecular weight excluding hydrogens is 340 g/mol. The Morgan fingerprint density at radius 2 is 1.54 bits per heavy atom. The average Bonchev–Trinajstić information content (AvgIpc) is 2.67. The number of aromatic nitrogens is 8. The molecule has 0 aliphatic heterocycles. The van der Waals surface area contributed by atoms with Crippen LogP contribution in [0.25, 0.3) is 22.3 Å². The summed E-state index contributed by atoms with van der Waals surface area (Å²) < 4.78 is 5.14. The topological polar surface area (TPSA) is 152 Å². The largest absolute Gasteiger partial charge is 0.374 e. The lowest BCUT2D eigenvalue weighted by molar-refractivity contribution is 0.128. The second-order valence-corrected chi connectivity index (χ2v) is 4.84. The van der Waals surface area contributed by atoms with Gasteiger partial charge in [-0.25, -0.2) is 29.9 Å². The fourth-order valence-corrected chi connectivity index (χ4v) is 1.99. The summed E-state index contributed by atoms with van der Waals surface area (Å²) in [7, 11) is 0. The van der Waals surface area contributed by atoms with Gasteiger partial charge in [0.15, 0.2) is 22.3 Å². The first kappa shape index (κ1) is 17.2. The molecule has 0 spiro atoms. The number of aromatic amines is 2. The van der Waals surface area contributed by atoms with Crippen molar-refractivity contribution in [2.45, 2.75) is 13.5 Å². The molecule has 4 rings (SSSR count). The Morgan fingerprint density at radius 3 is 2.23 bits per heavy atom. The van der Waals surface area contributed by atoms with Gasteiger partial charge in [-0.2, -0.15) is 0 Å². The number of hydrogen-bond donors (Lipinski definition) is 2. The number of ether oxygens (including phenoxy) is 1. The quantitative estimate of drug-likeness (QED) is 0.516. The van der Waals surface area contributed by atoms with Crippen molar-refractivity contribution in [3.8, 4) is 0 Å². The van der Waals surface area contributed by atoms with Crippen molar-refractivity contribution in [1.29, 1.82) is 0 Å². The Labute approximate surface area is 145 Å². The molecule has 132 valence electrons. The van der Waals surface area contributed by atoms with Crippen molar-refractivity contribution in [2.75, 3.05) is 6.61 Å². The van der Waals surface area contributed by atoms with E-state index in [4.69, 9.17) is 4.74 Å². The summed E-state index contributed by atoms with van der Waals surface area (Å²) >= 11 is 0. The van der Waals surface area contributed by atoms with Crippen LogP contribution in [-0.2, 0) is 11.3 Å². The average molecular weight is 354 g/mol. The smallest absolute Gasteiger partial charge is 0.279 e. The summed E-state index contributed by atoms with van der Waals surface area (Å²) in [6.07, 6.45) is 7.22. The van der Waals surface area contributed by atoms with E-state index < -0.39 is 0 Å². The standard InChI is InChI=1S/C9H10N4O2.C6H4N4O/c1-2-15-5-6-12-8-7(9(14)13-6)10-3-4-11-8;11-6-4-5(9-3-10-6)8-2-1-7-4/h3-4H,2,5H2,1H3,(H,11,12,13,14);1-3H,(H,8,9,10,11). The molecule has 26 heavy (non-hydrogen) atoms. The molecule has 0 atom stereocenters. The number of hydrogen-bond acceptors (Lipinski definition) is 9. The van der Waals surface area contributed by atoms with E-state index in [2.05, 4.69) is 39.9 Å². The third-order valence-electron chi connectivity index (χ3n) is 3.11. The predicted octanol–water partition coefficient (Wildman–Crippen LogP) is -0.0373. The molecule has 0 aliphatic rings. The van der Waals surface area contributed by atoms with Crippen molar-refractivity contribution in [1.82, 2.24) is 39.9 Å². The van der Waals surface area contributed by atoms with Crippen LogP contribution in [0.2, 0.25) is 0 Å². The van der Waals surface area contributed by atoms with E-state index in [0.29, 0.717) is 23.7 Å². The fraction of sp³-hybridized carbons (Fsp3) is 0.200. The van der Waals surface area contributed by atoms with Gasteiger partial charge >= 0.3 is 0 Å². The molecule has 0 saturated carbocycles. The highest BCUT2D eigenvalue weighted by Gasteiger charge is 2.04. The minimum absolute atomic E-state index is 0.248. The molecule has 4 aromatic heterocycles. The Bertz CT molecular complexity index is 1140. The van der Waals surface area contributed by atoms with Gasteiger partial charge in [0, 0.05) is 31.4 Å². The highest BCUT2D eigenvalue weighted by Crippen LogP contribution is 1.99. The lowest BCUT2D eigenvalue weighted by Gasteiger charge is -2.01. The Morgan fingerprint density at radius 1 is 0.885 bits per heavy atom. The third-order valence-corrected chi connectivity index (χ3v) is 3.11. The van der Waals surface area contributed by atoms with Crippen LogP contribution < -0.4 is 11.1 Å². The molecule has 0 aromatic carbocycles. The van der Waals surface area contributed by atoms with Crippen molar-refractivity contribution in [3.63, 3.8) is 0 Å². The summed E-state index contributed by atoms with van der Waals surface area (Å²) in [6, 6.07) is 0. The Kier molecular flexibility index (Phi) is 5.29. The van der Waals surface area contributed by atoms with Crippen LogP contribution in [0.3, 0.4) is 0 Å². The third kappa shape index (κ3) is 3.89. The molecule has 11 nitrogen and oxygen atoms in total. The molecule has 0 amide bonds. The van der Waals surface area contributed by atoms with Crippen molar-refractivity contribution in [2.24, 2.45) is 0 Å². The second-order valence-electron chi connectivity index (χ2n) is 4.84. The van der Waals surface area contributed by atoms with Gasteiger partial charge < -0.3 is 14.7 Å². The first-order valence-corrected chi connectivity index (χ1v) is 7.61. The predicted molar refractivity (Wildman–Crippen MR) is 91.2 cm³/mol. The highest BCUT2D eigenvalue weighted by molar-refractivity contribution is 5.67. The van der Waals surface area contributed by atoms with Gasteiger partial charge in [0.25, 0.3) is 11.1 Å². The van der Waals surface area contributed by atoms with Crippen LogP contribution >= 0.6 is 0 Å². The molecule has 0 saturated heterocycles. The number of fused-ring (bicyclic) bond motifs is 2. The zero-order chi connectivity index (χ0) is 18.4. The normalized spacial score (nSPS) is 10.5. The van der Waals surface area contributed by atoms with E-state index in [0.717, 1.165) is 0 Å². The lowest BCUT2D eigenvalue weighted by Crippen LogP contribution is -2.14. The van der Waals surface area contributed by atoms with E-state index in [9.17, 15) is 9.59 Å². The summed E-state index contributed by atoms with van der Waals surface area (Å²) in [5.41, 5.74) is 0.686. The molecule has 0 radical (unpaired) electrons. The minimum atomic E-state index is -0.289. The molecule has 2 N–H and O–H groups in total. The van der Waals surface area contributed by atoms with E-state index in [-0.39, 0.29) is 28.8 Å². The van der Waals surface area contributed by atoms with Crippen LogP contribution in [0.5, 0.6) is 0 Å². The van der Waals surface area contributed by atoms with Crippen LogP contribution in [0.4, 0.5) is 0 Å². The zero-order valence-corrected chi connectivity index (χ0v) is 13.7. The van der Waals surface area contributed by atoms with Gasteiger partial charge in [-0.3, -0.25) is 9.59 Å². The van der Waals surface area contributed by atoms with Crippen LogP contribution in [0, 0.1) is 0 Å². The highest BCUT2D eigenvalue weighted by atomic mass is 16.5. The van der Waals surface area contributed by atoms with Crippen molar-refractivity contribution >= 4 is 22.3 Å². The Balaban J connectivity index is 0.000000158. The molecular formula is C15H14N8O3. The summed E-state index contributed by atoms with van der Waals surface area (Å²) in [6.45, 7) is 2.72. The van der Waals surface area contributed by atoms with E-state index in [1.54, 1.807) is 0 Å². The number of H-pyrrole nitrogens is 2. The van der Waals surface area contributed by atoms with Crippen molar-refractivity contribution in [3.05, 3.63) is 57.6 Å². The summed E-state index contributed by atoms with van der Waals surface area (Å²) in [5.74, 6) is 0.467.